The molecule has 3 heteroatoms. The fourth-order valence-corrected chi connectivity index (χ4v) is 3.45. The van der Waals surface area contributed by atoms with E-state index in [1.165, 1.54) is 0 Å². The number of nitrogens with one attached hydrogen (secondary N) is 1. The van der Waals surface area contributed by atoms with Crippen LogP contribution in [0.3, 0.4) is 0 Å². The fourth-order valence-electron chi connectivity index (χ4n) is 3.45. The van der Waals surface area contributed by atoms with Gasteiger partial charge in [0.2, 0.25) is 0 Å². The third-order valence-corrected chi connectivity index (χ3v) is 4.67. The van der Waals surface area contributed by atoms with Gasteiger partial charge in [-0.25, -0.2) is 0 Å². The Hall–Kier alpha value is -3.51. The zero-order valence-electron chi connectivity index (χ0n) is 13.5. The maximum absolute atomic E-state index is 10.4. The Labute approximate surface area is 145 Å². The Morgan fingerprint density at radius 3 is 2.16 bits per heavy atom. The molecule has 3 aromatic carbocycles. The van der Waals surface area contributed by atoms with Crippen LogP contribution in [0, 0.1) is 11.3 Å². The van der Waals surface area contributed by atoms with E-state index < -0.39 is 5.41 Å². The summed E-state index contributed by atoms with van der Waals surface area (Å²) in [5.41, 5.74) is 2.65. The number of hydrogen-bond acceptors (Lipinski definition) is 2. The van der Waals surface area contributed by atoms with Crippen molar-refractivity contribution in [3.05, 3.63) is 102 Å². The maximum atomic E-state index is 10.4. The maximum Gasteiger partial charge on any atom is 0.134 e. The molecular weight excluding hydrogens is 308 g/mol. The van der Waals surface area contributed by atoms with Gasteiger partial charge < -0.3 is 10.1 Å². The van der Waals surface area contributed by atoms with Crippen molar-refractivity contribution in [2.45, 2.75) is 5.41 Å². The molecule has 1 atom stereocenters. The van der Waals surface area contributed by atoms with E-state index >= 15 is 0 Å². The second-order valence-electron chi connectivity index (χ2n) is 6.02. The first-order valence-corrected chi connectivity index (χ1v) is 8.08. The van der Waals surface area contributed by atoms with E-state index in [1.807, 2.05) is 72.9 Å². The molecule has 0 aliphatic rings. The number of nitrogens with zero attached hydrogens (tertiary/aromatic N) is 1. The van der Waals surface area contributed by atoms with Gasteiger partial charge in [0.05, 0.1) is 6.07 Å². The predicted octanol–water partition coefficient (Wildman–Crippen LogP) is 4.73. The number of aromatic hydroxyl groups is 1. The third-order valence-electron chi connectivity index (χ3n) is 4.67. The van der Waals surface area contributed by atoms with Crippen molar-refractivity contribution in [2.75, 3.05) is 0 Å². The quantitative estimate of drug-likeness (QED) is 0.572. The number of hydrogen-bond donors (Lipinski definition) is 2. The lowest BCUT2D eigenvalue weighted by atomic mass is 9.70. The van der Waals surface area contributed by atoms with Gasteiger partial charge >= 0.3 is 0 Å². The van der Waals surface area contributed by atoms with E-state index in [1.54, 1.807) is 12.1 Å². The predicted molar refractivity (Wildman–Crippen MR) is 98.3 cm³/mol. The minimum absolute atomic E-state index is 0.183. The summed E-state index contributed by atoms with van der Waals surface area (Å²) in [6.07, 6.45) is 1.91. The third kappa shape index (κ3) is 2.28. The van der Waals surface area contributed by atoms with Crippen LogP contribution < -0.4 is 0 Å². The Bertz CT molecular complexity index is 1060. The molecule has 0 saturated carbocycles. The summed E-state index contributed by atoms with van der Waals surface area (Å²) in [5, 5.41) is 21.1. The normalized spacial score (nSPS) is 13.2. The van der Waals surface area contributed by atoms with E-state index in [4.69, 9.17) is 0 Å². The van der Waals surface area contributed by atoms with Crippen molar-refractivity contribution in [3.63, 3.8) is 0 Å². The molecule has 0 radical (unpaired) electrons. The summed E-state index contributed by atoms with van der Waals surface area (Å²) in [7, 11) is 0. The number of rotatable bonds is 3. The minimum atomic E-state index is -0.964. The van der Waals surface area contributed by atoms with Crippen molar-refractivity contribution >= 4 is 10.9 Å². The summed E-state index contributed by atoms with van der Waals surface area (Å²) < 4.78 is 0. The second-order valence-corrected chi connectivity index (χ2v) is 6.02. The van der Waals surface area contributed by atoms with Crippen LogP contribution >= 0.6 is 0 Å². The van der Waals surface area contributed by atoms with Gasteiger partial charge in [0, 0.05) is 22.7 Å². The van der Waals surface area contributed by atoms with E-state index in [0.29, 0.717) is 0 Å². The van der Waals surface area contributed by atoms with Gasteiger partial charge in [-0.15, -0.1) is 0 Å². The van der Waals surface area contributed by atoms with Gasteiger partial charge in [-0.3, -0.25) is 0 Å². The number of H-pyrrole nitrogens is 1. The summed E-state index contributed by atoms with van der Waals surface area (Å²) in [4.78, 5) is 3.28. The number of phenols is 1. The first-order valence-electron chi connectivity index (χ1n) is 8.08. The average Bonchev–Trinajstić information content (AvgIpc) is 3.10. The van der Waals surface area contributed by atoms with Crippen LogP contribution in [-0.2, 0) is 5.41 Å². The van der Waals surface area contributed by atoms with Crippen molar-refractivity contribution in [3.8, 4) is 11.8 Å². The first-order chi connectivity index (χ1) is 12.3. The topological polar surface area (TPSA) is 59.8 Å². The van der Waals surface area contributed by atoms with Crippen LogP contribution in [0.25, 0.3) is 10.9 Å². The smallest absolute Gasteiger partial charge is 0.134 e. The van der Waals surface area contributed by atoms with Gasteiger partial charge in [-0.2, -0.15) is 5.26 Å². The van der Waals surface area contributed by atoms with Crippen LogP contribution in [0.1, 0.15) is 16.7 Å². The van der Waals surface area contributed by atoms with E-state index in [2.05, 4.69) is 11.1 Å². The molecule has 1 heterocycles. The molecule has 120 valence electrons. The molecule has 4 aromatic rings. The lowest BCUT2D eigenvalue weighted by Crippen LogP contribution is -2.27. The Balaban J connectivity index is 2.09. The van der Waals surface area contributed by atoms with Crippen molar-refractivity contribution in [1.29, 1.82) is 5.26 Å². The molecule has 0 aliphatic heterocycles. The number of fused-ring (bicyclic) bond motifs is 1. The van der Waals surface area contributed by atoms with Crippen LogP contribution in [0.2, 0.25) is 0 Å². The molecule has 4 rings (SSSR count). The highest BCUT2D eigenvalue weighted by molar-refractivity contribution is 5.86. The van der Waals surface area contributed by atoms with Crippen LogP contribution in [0.5, 0.6) is 5.75 Å². The van der Waals surface area contributed by atoms with Crippen molar-refractivity contribution in [2.24, 2.45) is 0 Å². The van der Waals surface area contributed by atoms with Gasteiger partial charge in [0.1, 0.15) is 11.2 Å². The largest absolute Gasteiger partial charge is 0.508 e. The summed E-state index contributed by atoms with van der Waals surface area (Å²) in [6, 6.07) is 27.2. The molecular formula is C22H16N2O. The van der Waals surface area contributed by atoms with Gasteiger partial charge in [0.25, 0.3) is 0 Å². The molecule has 3 nitrogen and oxygen atoms in total. The van der Waals surface area contributed by atoms with E-state index in [0.717, 1.165) is 27.6 Å². The lowest BCUT2D eigenvalue weighted by molar-refractivity contribution is 0.475. The zero-order valence-corrected chi connectivity index (χ0v) is 13.5. The molecule has 0 saturated heterocycles. The average molecular weight is 324 g/mol. The number of aromatic amines is 1. The number of nitriles is 1. The summed E-state index contributed by atoms with van der Waals surface area (Å²) in [5.74, 6) is 0.183. The Morgan fingerprint density at radius 1 is 0.800 bits per heavy atom. The Morgan fingerprint density at radius 2 is 1.44 bits per heavy atom. The summed E-state index contributed by atoms with van der Waals surface area (Å²) >= 11 is 0. The standard InChI is InChI=1S/C22H16N2O/c23-15-22(16-6-2-1-3-7-16,17-10-12-18(25)13-11-17)20-14-24-21-9-5-4-8-19(20)21/h1-14,24-25H/t22-/m1/s1. The molecule has 0 bridgehead atoms. The van der Waals surface area contributed by atoms with E-state index in [-0.39, 0.29) is 5.75 Å². The fraction of sp³-hybridized carbons (Fsp3) is 0.0455. The molecule has 0 amide bonds. The number of aromatic nitrogens is 1. The molecule has 0 unspecified atom stereocenters. The highest BCUT2D eigenvalue weighted by atomic mass is 16.3. The SMILES string of the molecule is N#C[C@@](c1ccccc1)(c1ccc(O)cc1)c1c[nH]c2ccccc12. The van der Waals surface area contributed by atoms with Crippen LogP contribution in [0.4, 0.5) is 0 Å². The van der Waals surface area contributed by atoms with Gasteiger partial charge in [-0.05, 0) is 29.3 Å². The molecule has 1 aromatic heterocycles. The zero-order chi connectivity index (χ0) is 17.3. The number of para-hydroxylation sites is 1. The van der Waals surface area contributed by atoms with Crippen LogP contribution in [0.15, 0.2) is 85.1 Å². The Kier molecular flexibility index (Phi) is 3.52. The highest BCUT2D eigenvalue weighted by Crippen LogP contribution is 2.42. The molecule has 0 aliphatic carbocycles. The minimum Gasteiger partial charge on any atom is -0.508 e. The second kappa shape index (κ2) is 5.85. The summed E-state index contributed by atoms with van der Waals surface area (Å²) in [6.45, 7) is 0. The van der Waals surface area contributed by atoms with Crippen LogP contribution in [-0.4, -0.2) is 10.1 Å². The number of benzene rings is 3. The first kappa shape index (κ1) is 15.0. The van der Waals surface area contributed by atoms with Gasteiger partial charge in [0.15, 0.2) is 0 Å². The van der Waals surface area contributed by atoms with Gasteiger partial charge in [-0.1, -0.05) is 60.7 Å². The molecule has 2 N–H and O–H groups in total. The monoisotopic (exact) mass is 324 g/mol. The van der Waals surface area contributed by atoms with Crippen molar-refractivity contribution in [1.82, 2.24) is 4.98 Å². The molecule has 0 spiro atoms. The van der Waals surface area contributed by atoms with E-state index in [9.17, 15) is 10.4 Å². The molecule has 0 fully saturated rings. The molecule has 25 heavy (non-hydrogen) atoms. The lowest BCUT2D eigenvalue weighted by Gasteiger charge is -2.28. The highest BCUT2D eigenvalue weighted by Gasteiger charge is 2.38. The number of phenolic OH excluding ortho intramolecular Hbond substituents is 1. The van der Waals surface area contributed by atoms with Crippen molar-refractivity contribution < 1.29 is 5.11 Å².